The van der Waals surface area contributed by atoms with Gasteiger partial charge in [0.25, 0.3) is 10.0 Å². The summed E-state index contributed by atoms with van der Waals surface area (Å²) in [6, 6.07) is 13.6. The van der Waals surface area contributed by atoms with E-state index < -0.39 is 10.0 Å². The monoisotopic (exact) mass is 348 g/mol. The van der Waals surface area contributed by atoms with Crippen LogP contribution < -0.4 is 14.4 Å². The summed E-state index contributed by atoms with van der Waals surface area (Å²) in [5.74, 6) is 0.636. The molecule has 0 heterocycles. The molecule has 0 amide bonds. The van der Waals surface area contributed by atoms with Gasteiger partial charge in [-0.2, -0.15) is 0 Å². The Morgan fingerprint density at radius 1 is 0.917 bits per heavy atom. The minimum atomic E-state index is -3.63. The molecule has 2 aromatic rings. The molecule has 0 spiro atoms. The SMILES string of the molecule is CN(C)c1ccc(NS(=O)(=O)c2ccc(OC(C)(C)C)cc2)cc1. The maximum Gasteiger partial charge on any atom is 0.261 e. The van der Waals surface area contributed by atoms with Gasteiger partial charge in [0.05, 0.1) is 4.90 Å². The smallest absolute Gasteiger partial charge is 0.261 e. The van der Waals surface area contributed by atoms with Crippen molar-refractivity contribution in [2.75, 3.05) is 23.7 Å². The Morgan fingerprint density at radius 3 is 1.92 bits per heavy atom. The second-order valence-electron chi connectivity index (χ2n) is 6.73. The summed E-state index contributed by atoms with van der Waals surface area (Å²) in [5, 5.41) is 0. The van der Waals surface area contributed by atoms with Crippen LogP contribution in [0, 0.1) is 0 Å². The Labute approximate surface area is 144 Å². The molecule has 0 bridgehead atoms. The molecule has 6 heteroatoms. The number of sulfonamides is 1. The van der Waals surface area contributed by atoms with Gasteiger partial charge in [0.15, 0.2) is 0 Å². The third-order valence-corrected chi connectivity index (χ3v) is 4.59. The predicted octanol–water partition coefficient (Wildman–Crippen LogP) is 3.73. The Kier molecular flexibility index (Phi) is 5.08. The topological polar surface area (TPSA) is 58.6 Å². The highest BCUT2D eigenvalue weighted by Crippen LogP contribution is 2.23. The lowest BCUT2D eigenvalue weighted by Crippen LogP contribution is -2.23. The van der Waals surface area contributed by atoms with Gasteiger partial charge >= 0.3 is 0 Å². The van der Waals surface area contributed by atoms with Crippen molar-refractivity contribution in [3.05, 3.63) is 48.5 Å². The van der Waals surface area contributed by atoms with Gasteiger partial charge in [-0.3, -0.25) is 4.72 Å². The van der Waals surface area contributed by atoms with E-state index in [1.54, 1.807) is 24.3 Å². The summed E-state index contributed by atoms with van der Waals surface area (Å²) in [4.78, 5) is 2.15. The fraction of sp³-hybridized carbons (Fsp3) is 0.333. The first-order valence-corrected chi connectivity index (χ1v) is 9.14. The zero-order valence-corrected chi connectivity index (χ0v) is 15.5. The average molecular weight is 348 g/mol. The van der Waals surface area contributed by atoms with Crippen LogP contribution in [-0.2, 0) is 10.0 Å². The minimum Gasteiger partial charge on any atom is -0.488 e. The minimum absolute atomic E-state index is 0.195. The molecule has 0 aliphatic heterocycles. The second kappa shape index (κ2) is 6.73. The molecule has 0 aliphatic carbocycles. The van der Waals surface area contributed by atoms with Crippen LogP contribution in [0.5, 0.6) is 5.75 Å². The molecule has 1 N–H and O–H groups in total. The van der Waals surface area contributed by atoms with E-state index in [1.807, 2.05) is 51.9 Å². The van der Waals surface area contributed by atoms with Crippen molar-refractivity contribution >= 4 is 21.4 Å². The van der Waals surface area contributed by atoms with E-state index >= 15 is 0 Å². The molecular formula is C18H24N2O3S. The van der Waals surface area contributed by atoms with Crippen molar-refractivity contribution in [3.63, 3.8) is 0 Å². The fourth-order valence-corrected chi connectivity index (χ4v) is 3.14. The van der Waals surface area contributed by atoms with E-state index in [2.05, 4.69) is 4.72 Å². The maximum absolute atomic E-state index is 12.5. The lowest BCUT2D eigenvalue weighted by Gasteiger charge is -2.21. The summed E-state index contributed by atoms with van der Waals surface area (Å²) in [6.07, 6.45) is 0. The number of rotatable bonds is 5. The lowest BCUT2D eigenvalue weighted by atomic mass is 10.2. The first-order chi connectivity index (χ1) is 11.1. The largest absolute Gasteiger partial charge is 0.488 e. The van der Waals surface area contributed by atoms with E-state index in [4.69, 9.17) is 4.74 Å². The van der Waals surface area contributed by atoms with Crippen molar-refractivity contribution < 1.29 is 13.2 Å². The number of hydrogen-bond donors (Lipinski definition) is 1. The van der Waals surface area contributed by atoms with Crippen LogP contribution in [0.25, 0.3) is 0 Å². The predicted molar refractivity (Wildman–Crippen MR) is 98.4 cm³/mol. The molecule has 0 fully saturated rings. The van der Waals surface area contributed by atoms with Gasteiger partial charge in [-0.05, 0) is 69.3 Å². The van der Waals surface area contributed by atoms with E-state index in [0.29, 0.717) is 11.4 Å². The van der Waals surface area contributed by atoms with Crippen LogP contribution in [0.2, 0.25) is 0 Å². The summed E-state index contributed by atoms with van der Waals surface area (Å²) in [6.45, 7) is 5.82. The molecule has 0 saturated carbocycles. The molecule has 0 saturated heterocycles. The standard InChI is InChI=1S/C18H24N2O3S/c1-18(2,3)23-16-10-12-17(13-11-16)24(21,22)19-14-6-8-15(9-7-14)20(4)5/h6-13,19H,1-5H3. The zero-order valence-electron chi connectivity index (χ0n) is 14.7. The van der Waals surface area contributed by atoms with Crippen molar-refractivity contribution in [1.29, 1.82) is 0 Å². The van der Waals surface area contributed by atoms with E-state index in [0.717, 1.165) is 5.69 Å². The van der Waals surface area contributed by atoms with Crippen molar-refractivity contribution in [2.24, 2.45) is 0 Å². The van der Waals surface area contributed by atoms with Gasteiger partial charge in [0.2, 0.25) is 0 Å². The fourth-order valence-electron chi connectivity index (χ4n) is 2.08. The molecule has 0 atom stereocenters. The van der Waals surface area contributed by atoms with Crippen LogP contribution in [0.3, 0.4) is 0 Å². The summed E-state index contributed by atoms with van der Waals surface area (Å²) >= 11 is 0. The molecule has 0 aliphatic rings. The molecule has 5 nitrogen and oxygen atoms in total. The van der Waals surface area contributed by atoms with Gasteiger partial charge in [-0.1, -0.05) is 0 Å². The number of anilines is 2. The van der Waals surface area contributed by atoms with Gasteiger partial charge in [0, 0.05) is 25.5 Å². The highest BCUT2D eigenvalue weighted by atomic mass is 32.2. The Hall–Kier alpha value is -2.21. The molecule has 2 rings (SSSR count). The third kappa shape index (κ3) is 4.89. The Morgan fingerprint density at radius 2 is 1.46 bits per heavy atom. The number of nitrogens with zero attached hydrogens (tertiary/aromatic N) is 1. The highest BCUT2D eigenvalue weighted by molar-refractivity contribution is 7.92. The van der Waals surface area contributed by atoms with Crippen LogP contribution in [-0.4, -0.2) is 28.1 Å². The number of ether oxygens (including phenoxy) is 1. The average Bonchev–Trinajstić information content (AvgIpc) is 2.46. The molecule has 0 aromatic heterocycles. The highest BCUT2D eigenvalue weighted by Gasteiger charge is 2.16. The zero-order chi connectivity index (χ0) is 18.0. The van der Waals surface area contributed by atoms with Crippen LogP contribution in [0.1, 0.15) is 20.8 Å². The number of hydrogen-bond acceptors (Lipinski definition) is 4. The van der Waals surface area contributed by atoms with Crippen molar-refractivity contribution in [2.45, 2.75) is 31.3 Å². The lowest BCUT2D eigenvalue weighted by molar-refractivity contribution is 0.131. The quantitative estimate of drug-likeness (QED) is 0.894. The van der Waals surface area contributed by atoms with Crippen LogP contribution in [0.4, 0.5) is 11.4 Å². The van der Waals surface area contributed by atoms with Crippen LogP contribution in [0.15, 0.2) is 53.4 Å². The van der Waals surface area contributed by atoms with E-state index in [-0.39, 0.29) is 10.5 Å². The molecule has 24 heavy (non-hydrogen) atoms. The molecule has 0 unspecified atom stereocenters. The van der Waals surface area contributed by atoms with Gasteiger partial charge in [-0.15, -0.1) is 0 Å². The first kappa shape index (κ1) is 18.1. The Balaban J connectivity index is 2.15. The molecule has 2 aromatic carbocycles. The van der Waals surface area contributed by atoms with Gasteiger partial charge in [0.1, 0.15) is 11.4 Å². The third-order valence-electron chi connectivity index (χ3n) is 3.19. The Bertz CT molecular complexity index is 775. The van der Waals surface area contributed by atoms with E-state index in [1.165, 1.54) is 12.1 Å². The number of nitrogens with one attached hydrogen (secondary N) is 1. The molecule has 0 radical (unpaired) electrons. The summed E-state index contributed by atoms with van der Waals surface area (Å²) in [7, 11) is 0.236. The van der Waals surface area contributed by atoms with Crippen LogP contribution >= 0.6 is 0 Å². The van der Waals surface area contributed by atoms with Crippen molar-refractivity contribution in [3.8, 4) is 5.75 Å². The first-order valence-electron chi connectivity index (χ1n) is 7.66. The normalized spacial score (nSPS) is 11.9. The van der Waals surface area contributed by atoms with Crippen molar-refractivity contribution in [1.82, 2.24) is 0 Å². The number of benzene rings is 2. The molecular weight excluding hydrogens is 324 g/mol. The molecule has 130 valence electrons. The van der Waals surface area contributed by atoms with Gasteiger partial charge < -0.3 is 9.64 Å². The summed E-state index contributed by atoms with van der Waals surface area (Å²) < 4.78 is 33.2. The van der Waals surface area contributed by atoms with E-state index in [9.17, 15) is 8.42 Å². The van der Waals surface area contributed by atoms with Gasteiger partial charge in [-0.25, -0.2) is 8.42 Å². The second-order valence-corrected chi connectivity index (χ2v) is 8.42. The maximum atomic E-state index is 12.5. The summed E-state index contributed by atoms with van der Waals surface area (Å²) in [5.41, 5.74) is 1.20.